The van der Waals surface area contributed by atoms with Crippen molar-refractivity contribution in [2.24, 2.45) is 0 Å². The molecule has 3 nitrogen and oxygen atoms in total. The number of aromatic nitrogens is 2. The third-order valence-corrected chi connectivity index (χ3v) is 4.34. The summed E-state index contributed by atoms with van der Waals surface area (Å²) in [7, 11) is 0. The highest BCUT2D eigenvalue weighted by Gasteiger charge is 2.20. The fraction of sp³-hybridized carbons (Fsp3) is 0.222. The summed E-state index contributed by atoms with van der Waals surface area (Å²) in [5, 5.41) is 1.35. The molecule has 22 heavy (non-hydrogen) atoms. The first-order valence-corrected chi connectivity index (χ1v) is 7.98. The number of benzene rings is 2. The van der Waals surface area contributed by atoms with Crippen LogP contribution in [0, 0.1) is 0 Å². The van der Waals surface area contributed by atoms with Gasteiger partial charge in [-0.1, -0.05) is 30.3 Å². The van der Waals surface area contributed by atoms with Crippen molar-refractivity contribution >= 4 is 34.0 Å². The van der Waals surface area contributed by atoms with Crippen molar-refractivity contribution in [1.82, 2.24) is 9.97 Å². The van der Waals surface area contributed by atoms with E-state index in [1.165, 1.54) is 17.7 Å². The summed E-state index contributed by atoms with van der Waals surface area (Å²) in [6, 6.07) is 16.6. The van der Waals surface area contributed by atoms with E-state index in [0.29, 0.717) is 5.28 Å². The Morgan fingerprint density at radius 1 is 0.909 bits per heavy atom. The monoisotopic (exact) mass is 309 g/mol. The summed E-state index contributed by atoms with van der Waals surface area (Å²) in [6.07, 6.45) is 3.46. The molecule has 1 aromatic heterocycles. The second-order valence-corrected chi connectivity index (χ2v) is 5.91. The van der Waals surface area contributed by atoms with Crippen LogP contribution in [0.5, 0.6) is 0 Å². The van der Waals surface area contributed by atoms with Crippen molar-refractivity contribution in [3.8, 4) is 0 Å². The van der Waals surface area contributed by atoms with E-state index in [-0.39, 0.29) is 0 Å². The van der Waals surface area contributed by atoms with Gasteiger partial charge in [-0.25, -0.2) is 4.98 Å². The van der Waals surface area contributed by atoms with Crippen LogP contribution in [0.4, 0.5) is 11.5 Å². The number of nitrogens with zero attached hydrogens (tertiary/aromatic N) is 3. The average Bonchev–Trinajstić information content (AvgIpc) is 2.76. The maximum Gasteiger partial charge on any atom is 0.224 e. The van der Waals surface area contributed by atoms with Gasteiger partial charge in [0.25, 0.3) is 0 Å². The van der Waals surface area contributed by atoms with E-state index in [1.807, 2.05) is 18.2 Å². The van der Waals surface area contributed by atoms with Crippen LogP contribution in [-0.4, -0.2) is 16.5 Å². The van der Waals surface area contributed by atoms with Crippen LogP contribution in [0.1, 0.15) is 18.4 Å². The number of aryl methyl sites for hydroxylation is 1. The predicted molar refractivity (Wildman–Crippen MR) is 90.9 cm³/mol. The van der Waals surface area contributed by atoms with E-state index in [0.717, 1.165) is 36.1 Å². The Bertz CT molecular complexity index is 831. The molecule has 4 heteroatoms. The molecule has 3 aromatic rings. The van der Waals surface area contributed by atoms with E-state index in [4.69, 9.17) is 11.6 Å². The molecule has 0 bridgehead atoms. The lowest BCUT2D eigenvalue weighted by molar-refractivity contribution is 0.758. The van der Waals surface area contributed by atoms with Crippen LogP contribution in [0.15, 0.2) is 48.5 Å². The summed E-state index contributed by atoms with van der Waals surface area (Å²) in [5.41, 5.74) is 3.50. The van der Waals surface area contributed by atoms with Crippen molar-refractivity contribution in [3.63, 3.8) is 0 Å². The van der Waals surface area contributed by atoms with E-state index >= 15 is 0 Å². The minimum absolute atomic E-state index is 0.301. The number of para-hydroxylation sites is 2. The molecule has 0 spiro atoms. The Labute approximate surface area is 134 Å². The summed E-state index contributed by atoms with van der Waals surface area (Å²) in [6.45, 7) is 0.953. The summed E-state index contributed by atoms with van der Waals surface area (Å²) < 4.78 is 0. The summed E-state index contributed by atoms with van der Waals surface area (Å²) in [5.74, 6) is 0.907. The SMILES string of the molecule is Clc1nc(N2CCCCc3ccccc32)c2ccccc2n1. The second kappa shape index (κ2) is 5.58. The van der Waals surface area contributed by atoms with Crippen LogP contribution >= 0.6 is 11.6 Å². The van der Waals surface area contributed by atoms with Gasteiger partial charge in [0, 0.05) is 17.6 Å². The molecule has 1 aliphatic rings. The maximum atomic E-state index is 6.16. The molecule has 0 saturated heterocycles. The highest BCUT2D eigenvalue weighted by molar-refractivity contribution is 6.28. The number of rotatable bonds is 1. The van der Waals surface area contributed by atoms with Crippen molar-refractivity contribution in [3.05, 3.63) is 59.4 Å². The van der Waals surface area contributed by atoms with Crippen molar-refractivity contribution in [2.45, 2.75) is 19.3 Å². The highest BCUT2D eigenvalue weighted by Crippen LogP contribution is 2.35. The molecule has 0 radical (unpaired) electrons. The quantitative estimate of drug-likeness (QED) is 0.607. The first-order chi connectivity index (χ1) is 10.8. The number of anilines is 2. The van der Waals surface area contributed by atoms with Gasteiger partial charge in [0.2, 0.25) is 5.28 Å². The van der Waals surface area contributed by atoms with Gasteiger partial charge in [-0.15, -0.1) is 0 Å². The van der Waals surface area contributed by atoms with Crippen molar-refractivity contribution in [1.29, 1.82) is 0 Å². The lowest BCUT2D eigenvalue weighted by atomic mass is 10.1. The molecule has 0 atom stereocenters. The zero-order valence-electron chi connectivity index (χ0n) is 12.2. The molecular weight excluding hydrogens is 294 g/mol. The fourth-order valence-electron chi connectivity index (χ4n) is 3.15. The zero-order valence-corrected chi connectivity index (χ0v) is 12.9. The van der Waals surface area contributed by atoms with Gasteiger partial charge in [-0.3, -0.25) is 0 Å². The van der Waals surface area contributed by atoms with Crippen LogP contribution < -0.4 is 4.90 Å². The minimum Gasteiger partial charge on any atom is -0.325 e. The van der Waals surface area contributed by atoms with Crippen LogP contribution in [0.3, 0.4) is 0 Å². The molecule has 2 heterocycles. The van der Waals surface area contributed by atoms with Crippen molar-refractivity contribution < 1.29 is 0 Å². The molecule has 0 saturated carbocycles. The lowest BCUT2D eigenvalue weighted by Crippen LogP contribution is -2.19. The smallest absolute Gasteiger partial charge is 0.224 e. The molecule has 1 aliphatic heterocycles. The molecule has 0 amide bonds. The van der Waals surface area contributed by atoms with Gasteiger partial charge < -0.3 is 4.90 Å². The van der Waals surface area contributed by atoms with E-state index in [2.05, 4.69) is 45.2 Å². The number of hydrogen-bond donors (Lipinski definition) is 0. The third-order valence-electron chi connectivity index (χ3n) is 4.17. The largest absolute Gasteiger partial charge is 0.325 e. The number of fused-ring (bicyclic) bond motifs is 2. The molecular formula is C18H16ClN3. The lowest BCUT2D eigenvalue weighted by Gasteiger charge is -2.25. The first kappa shape index (κ1) is 13.5. The second-order valence-electron chi connectivity index (χ2n) is 5.57. The van der Waals surface area contributed by atoms with Gasteiger partial charge in [0.15, 0.2) is 0 Å². The van der Waals surface area contributed by atoms with E-state index in [1.54, 1.807) is 0 Å². The highest BCUT2D eigenvalue weighted by atomic mass is 35.5. The Balaban J connectivity index is 1.95. The van der Waals surface area contributed by atoms with Gasteiger partial charge in [0.05, 0.1) is 5.52 Å². The van der Waals surface area contributed by atoms with Crippen LogP contribution in [0.25, 0.3) is 10.9 Å². The average molecular weight is 310 g/mol. The van der Waals surface area contributed by atoms with Crippen molar-refractivity contribution in [2.75, 3.05) is 11.4 Å². The molecule has 0 unspecified atom stereocenters. The third kappa shape index (κ3) is 2.32. The topological polar surface area (TPSA) is 29.0 Å². The van der Waals surface area contributed by atoms with Crippen LogP contribution in [-0.2, 0) is 6.42 Å². The normalized spacial score (nSPS) is 14.7. The van der Waals surface area contributed by atoms with Crippen LogP contribution in [0.2, 0.25) is 5.28 Å². The van der Waals surface area contributed by atoms with Gasteiger partial charge in [-0.05, 0) is 54.6 Å². The van der Waals surface area contributed by atoms with Gasteiger partial charge in [0.1, 0.15) is 5.82 Å². The predicted octanol–water partition coefficient (Wildman–Crippen LogP) is 4.76. The van der Waals surface area contributed by atoms with E-state index < -0.39 is 0 Å². The number of halogens is 1. The summed E-state index contributed by atoms with van der Waals surface area (Å²) in [4.78, 5) is 11.2. The minimum atomic E-state index is 0.301. The standard InChI is InChI=1S/C18H16ClN3/c19-18-20-15-10-3-2-9-14(15)17(21-18)22-12-6-5-8-13-7-1-4-11-16(13)22/h1-4,7,9-11H,5-6,8,12H2. The molecule has 0 aliphatic carbocycles. The Kier molecular flexibility index (Phi) is 3.43. The zero-order chi connectivity index (χ0) is 14.9. The number of hydrogen-bond acceptors (Lipinski definition) is 3. The molecule has 0 N–H and O–H groups in total. The summed E-state index contributed by atoms with van der Waals surface area (Å²) >= 11 is 6.16. The van der Waals surface area contributed by atoms with Gasteiger partial charge >= 0.3 is 0 Å². The van der Waals surface area contributed by atoms with E-state index in [9.17, 15) is 0 Å². The Hall–Kier alpha value is -2.13. The maximum absolute atomic E-state index is 6.16. The first-order valence-electron chi connectivity index (χ1n) is 7.61. The molecule has 110 valence electrons. The molecule has 0 fully saturated rings. The fourth-order valence-corrected chi connectivity index (χ4v) is 3.32. The Morgan fingerprint density at radius 3 is 2.68 bits per heavy atom. The molecule has 4 rings (SSSR count). The Morgan fingerprint density at radius 2 is 1.73 bits per heavy atom. The van der Waals surface area contributed by atoms with Gasteiger partial charge in [-0.2, -0.15) is 4.98 Å². The molecule has 2 aromatic carbocycles.